The third kappa shape index (κ3) is 4.24. The maximum absolute atomic E-state index is 3.86. The van der Waals surface area contributed by atoms with Gasteiger partial charge in [-0.25, -0.2) is 0 Å². The van der Waals surface area contributed by atoms with Crippen LogP contribution in [0.25, 0.3) is 0 Å². The van der Waals surface area contributed by atoms with Crippen molar-refractivity contribution in [1.29, 1.82) is 0 Å². The van der Waals surface area contributed by atoms with Crippen LogP contribution in [0.3, 0.4) is 0 Å². The SMILES string of the molecule is CC(C)CCCNC1CCCCC1C1CCCN1. The van der Waals surface area contributed by atoms with Crippen molar-refractivity contribution in [2.45, 2.75) is 77.3 Å². The molecule has 18 heavy (non-hydrogen) atoms. The third-order valence-electron chi connectivity index (χ3n) is 4.80. The summed E-state index contributed by atoms with van der Waals surface area (Å²) in [5.74, 6) is 1.76. The molecule has 2 N–H and O–H groups in total. The standard InChI is InChI=1S/C16H32N2/c1-13(2)7-5-11-17-15-9-4-3-8-14(15)16-10-6-12-18-16/h13-18H,3-12H2,1-2H3. The summed E-state index contributed by atoms with van der Waals surface area (Å²) in [5, 5.41) is 7.59. The molecular weight excluding hydrogens is 220 g/mol. The lowest BCUT2D eigenvalue weighted by atomic mass is 9.79. The lowest BCUT2D eigenvalue weighted by Gasteiger charge is -2.36. The second-order valence-electron chi connectivity index (χ2n) is 6.75. The first-order valence-electron chi connectivity index (χ1n) is 8.24. The van der Waals surface area contributed by atoms with Gasteiger partial charge in [-0.05, 0) is 63.5 Å². The van der Waals surface area contributed by atoms with Gasteiger partial charge in [-0.2, -0.15) is 0 Å². The largest absolute Gasteiger partial charge is 0.314 e. The normalized spacial score (nSPS) is 33.2. The van der Waals surface area contributed by atoms with E-state index in [1.807, 2.05) is 0 Å². The molecule has 1 saturated carbocycles. The van der Waals surface area contributed by atoms with Crippen molar-refractivity contribution >= 4 is 0 Å². The molecule has 2 fully saturated rings. The van der Waals surface area contributed by atoms with E-state index in [1.54, 1.807) is 0 Å². The first-order valence-corrected chi connectivity index (χ1v) is 8.24. The average molecular weight is 252 g/mol. The van der Waals surface area contributed by atoms with E-state index in [0.29, 0.717) is 0 Å². The van der Waals surface area contributed by atoms with E-state index < -0.39 is 0 Å². The van der Waals surface area contributed by atoms with Crippen LogP contribution in [-0.2, 0) is 0 Å². The van der Waals surface area contributed by atoms with Gasteiger partial charge in [0.15, 0.2) is 0 Å². The minimum Gasteiger partial charge on any atom is -0.314 e. The predicted molar refractivity (Wildman–Crippen MR) is 78.8 cm³/mol. The molecule has 0 aromatic rings. The van der Waals surface area contributed by atoms with Gasteiger partial charge in [-0.1, -0.05) is 26.7 Å². The minimum atomic E-state index is 0.793. The van der Waals surface area contributed by atoms with E-state index in [2.05, 4.69) is 24.5 Å². The third-order valence-corrected chi connectivity index (χ3v) is 4.80. The van der Waals surface area contributed by atoms with Crippen LogP contribution in [0.5, 0.6) is 0 Å². The lowest BCUT2D eigenvalue weighted by molar-refractivity contribution is 0.214. The molecule has 0 aromatic heterocycles. The molecule has 1 saturated heterocycles. The molecule has 2 nitrogen and oxygen atoms in total. The Balaban J connectivity index is 1.73. The minimum absolute atomic E-state index is 0.793. The second-order valence-corrected chi connectivity index (χ2v) is 6.75. The fourth-order valence-corrected chi connectivity index (χ4v) is 3.77. The van der Waals surface area contributed by atoms with Crippen LogP contribution in [0.2, 0.25) is 0 Å². The van der Waals surface area contributed by atoms with E-state index in [0.717, 1.165) is 23.9 Å². The fraction of sp³-hybridized carbons (Fsp3) is 1.00. The number of hydrogen-bond acceptors (Lipinski definition) is 2. The smallest absolute Gasteiger partial charge is 0.0111 e. The number of hydrogen-bond donors (Lipinski definition) is 2. The van der Waals surface area contributed by atoms with Crippen molar-refractivity contribution in [2.75, 3.05) is 13.1 Å². The summed E-state index contributed by atoms with van der Waals surface area (Å²) in [6.07, 6.45) is 11.3. The highest BCUT2D eigenvalue weighted by Crippen LogP contribution is 2.30. The molecule has 3 atom stereocenters. The Kier molecular flexibility index (Phi) is 5.97. The molecule has 1 heterocycles. The van der Waals surface area contributed by atoms with Gasteiger partial charge in [0.25, 0.3) is 0 Å². The van der Waals surface area contributed by atoms with Crippen LogP contribution in [0.4, 0.5) is 0 Å². The molecule has 0 spiro atoms. The van der Waals surface area contributed by atoms with Gasteiger partial charge in [0.05, 0.1) is 0 Å². The van der Waals surface area contributed by atoms with E-state index >= 15 is 0 Å². The summed E-state index contributed by atoms with van der Waals surface area (Å²) >= 11 is 0. The highest BCUT2D eigenvalue weighted by atomic mass is 15.0. The van der Waals surface area contributed by atoms with Crippen LogP contribution in [-0.4, -0.2) is 25.2 Å². The van der Waals surface area contributed by atoms with Crippen molar-refractivity contribution in [3.63, 3.8) is 0 Å². The Morgan fingerprint density at radius 2 is 1.94 bits per heavy atom. The molecule has 0 aromatic carbocycles. The van der Waals surface area contributed by atoms with Crippen molar-refractivity contribution < 1.29 is 0 Å². The van der Waals surface area contributed by atoms with Crippen molar-refractivity contribution in [3.8, 4) is 0 Å². The van der Waals surface area contributed by atoms with Gasteiger partial charge in [0, 0.05) is 12.1 Å². The summed E-state index contributed by atoms with van der Waals surface area (Å²) in [7, 11) is 0. The zero-order valence-electron chi connectivity index (χ0n) is 12.4. The lowest BCUT2D eigenvalue weighted by Crippen LogP contribution is -2.47. The summed E-state index contributed by atoms with van der Waals surface area (Å²) in [4.78, 5) is 0. The highest BCUT2D eigenvalue weighted by Gasteiger charge is 2.32. The maximum atomic E-state index is 3.86. The molecule has 3 unspecified atom stereocenters. The number of nitrogens with one attached hydrogen (secondary N) is 2. The Morgan fingerprint density at radius 3 is 2.67 bits per heavy atom. The molecule has 0 bridgehead atoms. The molecular formula is C16H32N2. The van der Waals surface area contributed by atoms with Crippen molar-refractivity contribution in [1.82, 2.24) is 10.6 Å². The van der Waals surface area contributed by atoms with E-state index in [1.165, 1.54) is 64.5 Å². The van der Waals surface area contributed by atoms with Crippen LogP contribution >= 0.6 is 0 Å². The highest BCUT2D eigenvalue weighted by molar-refractivity contribution is 4.91. The molecule has 2 aliphatic rings. The van der Waals surface area contributed by atoms with Gasteiger partial charge in [-0.3, -0.25) is 0 Å². The zero-order valence-corrected chi connectivity index (χ0v) is 12.4. The van der Waals surface area contributed by atoms with Crippen LogP contribution in [0.1, 0.15) is 65.2 Å². The summed E-state index contributed by atoms with van der Waals surface area (Å²) in [6, 6.07) is 1.61. The Morgan fingerprint density at radius 1 is 1.11 bits per heavy atom. The Labute approximate surface area is 113 Å². The van der Waals surface area contributed by atoms with Gasteiger partial charge < -0.3 is 10.6 Å². The monoisotopic (exact) mass is 252 g/mol. The maximum Gasteiger partial charge on any atom is 0.0111 e. The van der Waals surface area contributed by atoms with Gasteiger partial charge in [-0.15, -0.1) is 0 Å². The molecule has 2 rings (SSSR count). The van der Waals surface area contributed by atoms with E-state index in [4.69, 9.17) is 0 Å². The van der Waals surface area contributed by atoms with E-state index in [-0.39, 0.29) is 0 Å². The summed E-state index contributed by atoms with van der Waals surface area (Å²) in [6.45, 7) is 7.13. The summed E-state index contributed by atoms with van der Waals surface area (Å²) in [5.41, 5.74) is 0. The second kappa shape index (κ2) is 7.49. The van der Waals surface area contributed by atoms with Gasteiger partial charge in [0.1, 0.15) is 0 Å². The molecule has 1 aliphatic carbocycles. The van der Waals surface area contributed by atoms with Gasteiger partial charge >= 0.3 is 0 Å². The first kappa shape index (κ1) is 14.3. The molecule has 0 amide bonds. The quantitative estimate of drug-likeness (QED) is 0.709. The van der Waals surface area contributed by atoms with Gasteiger partial charge in [0.2, 0.25) is 0 Å². The molecule has 1 aliphatic heterocycles. The average Bonchev–Trinajstić information content (AvgIpc) is 2.88. The summed E-state index contributed by atoms with van der Waals surface area (Å²) < 4.78 is 0. The first-order chi connectivity index (χ1) is 8.77. The van der Waals surface area contributed by atoms with E-state index in [9.17, 15) is 0 Å². The van der Waals surface area contributed by atoms with Crippen molar-refractivity contribution in [3.05, 3.63) is 0 Å². The molecule has 106 valence electrons. The van der Waals surface area contributed by atoms with Crippen LogP contribution < -0.4 is 10.6 Å². The van der Waals surface area contributed by atoms with Crippen molar-refractivity contribution in [2.24, 2.45) is 11.8 Å². The Bertz CT molecular complexity index is 221. The molecule has 2 heteroatoms. The van der Waals surface area contributed by atoms with Crippen LogP contribution in [0, 0.1) is 11.8 Å². The predicted octanol–water partition coefficient (Wildman–Crippen LogP) is 3.32. The number of rotatable bonds is 6. The fourth-order valence-electron chi connectivity index (χ4n) is 3.77. The molecule has 0 radical (unpaired) electrons. The topological polar surface area (TPSA) is 24.1 Å². The Hall–Kier alpha value is -0.0800. The zero-order chi connectivity index (χ0) is 12.8. The van der Waals surface area contributed by atoms with Crippen LogP contribution in [0.15, 0.2) is 0 Å².